The van der Waals surface area contributed by atoms with E-state index < -0.39 is 10.0 Å². The summed E-state index contributed by atoms with van der Waals surface area (Å²) in [6.45, 7) is 5.99. The third-order valence-corrected chi connectivity index (χ3v) is 8.03. The SMILES string of the molecule is COc1ccc(S(=O)(=O)N2CCN(C)CC2)cc1NC(=O)CCc1c(C)nc2ncnn2c1C. The zero-order valence-electron chi connectivity index (χ0n) is 19.8. The summed E-state index contributed by atoms with van der Waals surface area (Å²) >= 11 is 0. The van der Waals surface area contributed by atoms with E-state index in [-0.39, 0.29) is 17.2 Å². The summed E-state index contributed by atoms with van der Waals surface area (Å²) < 4.78 is 34.7. The average Bonchev–Trinajstić information content (AvgIpc) is 3.27. The number of rotatable bonds is 7. The number of methoxy groups -OCH3 is 1. The lowest BCUT2D eigenvalue weighted by molar-refractivity contribution is -0.116. The second-order valence-corrected chi connectivity index (χ2v) is 10.3. The van der Waals surface area contributed by atoms with Crippen molar-refractivity contribution < 1.29 is 17.9 Å². The second kappa shape index (κ2) is 9.65. The highest BCUT2D eigenvalue weighted by molar-refractivity contribution is 7.89. The van der Waals surface area contributed by atoms with Crippen molar-refractivity contribution in [2.75, 3.05) is 45.7 Å². The molecule has 1 saturated heterocycles. The van der Waals surface area contributed by atoms with Crippen LogP contribution < -0.4 is 10.1 Å². The first-order valence-electron chi connectivity index (χ1n) is 11.0. The van der Waals surface area contributed by atoms with Gasteiger partial charge in [-0.15, -0.1) is 0 Å². The maximum atomic E-state index is 13.1. The molecule has 0 atom stereocenters. The molecule has 0 radical (unpaired) electrons. The normalized spacial score (nSPS) is 15.5. The number of carbonyl (C=O) groups is 1. The highest BCUT2D eigenvalue weighted by Gasteiger charge is 2.28. The monoisotopic (exact) mass is 487 g/mol. The van der Waals surface area contributed by atoms with Crippen molar-refractivity contribution in [2.45, 2.75) is 31.6 Å². The predicted molar refractivity (Wildman–Crippen MR) is 126 cm³/mol. The number of amides is 1. The lowest BCUT2D eigenvalue weighted by Gasteiger charge is -2.31. The van der Waals surface area contributed by atoms with Gasteiger partial charge in [0, 0.05) is 44.0 Å². The quantitative estimate of drug-likeness (QED) is 0.529. The Hall–Kier alpha value is -3.09. The first-order chi connectivity index (χ1) is 16.2. The molecular weight excluding hydrogens is 458 g/mol. The minimum atomic E-state index is -3.67. The number of nitrogens with one attached hydrogen (secondary N) is 1. The zero-order chi connectivity index (χ0) is 24.5. The molecule has 12 heteroatoms. The number of aryl methyl sites for hydroxylation is 2. The molecule has 3 heterocycles. The molecule has 3 aromatic rings. The fourth-order valence-corrected chi connectivity index (χ4v) is 5.54. The van der Waals surface area contributed by atoms with Gasteiger partial charge in [0.2, 0.25) is 15.9 Å². The summed E-state index contributed by atoms with van der Waals surface area (Å²) in [4.78, 5) is 23.6. The maximum Gasteiger partial charge on any atom is 0.252 e. The van der Waals surface area contributed by atoms with Crippen LogP contribution in [0.4, 0.5) is 5.69 Å². The third-order valence-electron chi connectivity index (χ3n) is 6.14. The number of aromatic nitrogens is 4. The Bertz CT molecular complexity index is 1310. The first-order valence-corrected chi connectivity index (χ1v) is 12.5. The van der Waals surface area contributed by atoms with Gasteiger partial charge >= 0.3 is 0 Å². The van der Waals surface area contributed by atoms with Gasteiger partial charge < -0.3 is 15.0 Å². The average molecular weight is 488 g/mol. The van der Waals surface area contributed by atoms with Crippen molar-refractivity contribution in [2.24, 2.45) is 0 Å². The standard InChI is InChI=1S/C22H29N7O4S/c1-15-18(16(2)29-22(25-15)23-14-24-29)6-8-21(30)26-19-13-17(5-7-20(19)33-4)34(31,32)28-11-9-27(3)10-12-28/h5,7,13-14H,6,8-12H2,1-4H3,(H,26,30). The number of piperazine rings is 1. The van der Waals surface area contributed by atoms with Crippen LogP contribution in [0.1, 0.15) is 23.4 Å². The van der Waals surface area contributed by atoms with Gasteiger partial charge in [-0.1, -0.05) is 0 Å². The van der Waals surface area contributed by atoms with Crippen molar-refractivity contribution in [3.05, 3.63) is 41.5 Å². The number of benzene rings is 1. The van der Waals surface area contributed by atoms with E-state index in [1.807, 2.05) is 20.9 Å². The van der Waals surface area contributed by atoms with Crippen LogP contribution in [0.25, 0.3) is 5.78 Å². The van der Waals surface area contributed by atoms with E-state index in [2.05, 4.69) is 25.3 Å². The van der Waals surface area contributed by atoms with Crippen molar-refractivity contribution in [1.29, 1.82) is 0 Å². The molecule has 1 fully saturated rings. The molecule has 182 valence electrons. The van der Waals surface area contributed by atoms with E-state index in [0.29, 0.717) is 49.8 Å². The van der Waals surface area contributed by atoms with E-state index >= 15 is 0 Å². The Morgan fingerprint density at radius 2 is 1.91 bits per heavy atom. The molecule has 0 saturated carbocycles. The molecule has 2 aromatic heterocycles. The van der Waals surface area contributed by atoms with Crippen LogP contribution in [0.5, 0.6) is 5.75 Å². The van der Waals surface area contributed by atoms with Gasteiger partial charge in [0.25, 0.3) is 5.78 Å². The number of hydrogen-bond donors (Lipinski definition) is 1. The molecule has 0 aliphatic carbocycles. The van der Waals surface area contributed by atoms with Crippen molar-refractivity contribution in [1.82, 2.24) is 28.8 Å². The van der Waals surface area contributed by atoms with Crippen LogP contribution in [-0.4, -0.2) is 83.4 Å². The smallest absolute Gasteiger partial charge is 0.252 e. The zero-order valence-corrected chi connectivity index (χ0v) is 20.6. The third kappa shape index (κ3) is 4.74. The minimum Gasteiger partial charge on any atom is -0.495 e. The molecule has 0 unspecified atom stereocenters. The fraction of sp³-hybridized carbons (Fsp3) is 0.455. The summed E-state index contributed by atoms with van der Waals surface area (Å²) in [5.41, 5.74) is 2.92. The largest absolute Gasteiger partial charge is 0.495 e. The Morgan fingerprint density at radius 3 is 2.62 bits per heavy atom. The molecule has 11 nitrogen and oxygen atoms in total. The number of likely N-dealkylation sites (N-methyl/N-ethyl adjacent to an activating group) is 1. The lowest BCUT2D eigenvalue weighted by Crippen LogP contribution is -2.47. The number of fused-ring (bicyclic) bond motifs is 1. The highest BCUT2D eigenvalue weighted by atomic mass is 32.2. The number of nitrogens with zero attached hydrogens (tertiary/aromatic N) is 6. The molecule has 0 bridgehead atoms. The van der Waals surface area contributed by atoms with Gasteiger partial charge in [0.15, 0.2) is 0 Å². The van der Waals surface area contributed by atoms with E-state index in [0.717, 1.165) is 17.0 Å². The minimum absolute atomic E-state index is 0.126. The number of anilines is 1. The first kappa shape index (κ1) is 24.0. The van der Waals surface area contributed by atoms with Gasteiger partial charge in [-0.3, -0.25) is 4.79 Å². The summed E-state index contributed by atoms with van der Waals surface area (Å²) in [6, 6.07) is 4.53. The summed E-state index contributed by atoms with van der Waals surface area (Å²) in [5.74, 6) is 0.653. The lowest BCUT2D eigenvalue weighted by atomic mass is 10.1. The summed E-state index contributed by atoms with van der Waals surface area (Å²) in [5, 5.41) is 6.99. The van der Waals surface area contributed by atoms with E-state index in [9.17, 15) is 13.2 Å². The van der Waals surface area contributed by atoms with Gasteiger partial charge in [0.1, 0.15) is 12.1 Å². The number of ether oxygens (including phenoxy) is 1. The topological polar surface area (TPSA) is 122 Å². The van der Waals surface area contributed by atoms with Crippen LogP contribution in [0.15, 0.2) is 29.4 Å². The molecular formula is C22H29N7O4S. The van der Waals surface area contributed by atoms with Crippen LogP contribution in [0, 0.1) is 13.8 Å². The van der Waals surface area contributed by atoms with E-state index in [1.54, 1.807) is 10.6 Å². The van der Waals surface area contributed by atoms with Crippen LogP contribution >= 0.6 is 0 Å². The second-order valence-electron chi connectivity index (χ2n) is 8.35. The number of carbonyl (C=O) groups excluding carboxylic acids is 1. The number of sulfonamides is 1. The summed E-state index contributed by atoms with van der Waals surface area (Å²) in [7, 11) is -0.231. The van der Waals surface area contributed by atoms with Gasteiger partial charge in [-0.2, -0.15) is 14.4 Å². The van der Waals surface area contributed by atoms with E-state index in [4.69, 9.17) is 4.74 Å². The molecule has 1 N–H and O–H groups in total. The maximum absolute atomic E-state index is 13.1. The summed E-state index contributed by atoms with van der Waals surface area (Å²) in [6.07, 6.45) is 2.08. The van der Waals surface area contributed by atoms with Crippen LogP contribution in [-0.2, 0) is 21.2 Å². The fourth-order valence-electron chi connectivity index (χ4n) is 4.09. The Balaban J connectivity index is 1.50. The van der Waals surface area contributed by atoms with Gasteiger partial charge in [-0.25, -0.2) is 17.9 Å². The molecule has 1 amide bonds. The molecule has 34 heavy (non-hydrogen) atoms. The Labute approximate surface area is 198 Å². The molecule has 0 spiro atoms. The highest BCUT2D eigenvalue weighted by Crippen LogP contribution is 2.29. The van der Waals surface area contributed by atoms with Gasteiger partial charge in [0.05, 0.1) is 17.7 Å². The van der Waals surface area contributed by atoms with E-state index in [1.165, 1.54) is 29.9 Å². The Morgan fingerprint density at radius 1 is 1.18 bits per heavy atom. The molecule has 1 aliphatic rings. The van der Waals surface area contributed by atoms with Crippen molar-refractivity contribution in [3.63, 3.8) is 0 Å². The molecule has 1 aliphatic heterocycles. The number of hydrogen-bond acceptors (Lipinski definition) is 8. The Kier molecular flexibility index (Phi) is 6.82. The van der Waals surface area contributed by atoms with Crippen molar-refractivity contribution in [3.8, 4) is 5.75 Å². The molecule has 4 rings (SSSR count). The van der Waals surface area contributed by atoms with Crippen LogP contribution in [0.3, 0.4) is 0 Å². The predicted octanol–water partition coefficient (Wildman–Crippen LogP) is 1.26. The molecule has 1 aromatic carbocycles. The van der Waals surface area contributed by atoms with Crippen molar-refractivity contribution >= 4 is 27.4 Å². The van der Waals surface area contributed by atoms with Crippen LogP contribution in [0.2, 0.25) is 0 Å². The van der Waals surface area contributed by atoms with Gasteiger partial charge in [-0.05, 0) is 51.1 Å².